The van der Waals surface area contributed by atoms with Crippen molar-refractivity contribution in [3.63, 3.8) is 0 Å². The van der Waals surface area contributed by atoms with Gasteiger partial charge in [-0.1, -0.05) is 0 Å². The van der Waals surface area contributed by atoms with Crippen LogP contribution in [0.3, 0.4) is 0 Å². The van der Waals surface area contributed by atoms with Crippen molar-refractivity contribution < 1.29 is 9.72 Å². The van der Waals surface area contributed by atoms with Crippen LogP contribution in [0.4, 0.5) is 16.3 Å². The van der Waals surface area contributed by atoms with Crippen LogP contribution in [0.15, 0.2) is 0 Å². The lowest BCUT2D eigenvalue weighted by molar-refractivity contribution is -0.384. The van der Waals surface area contributed by atoms with E-state index < -0.39 is 4.92 Å². The van der Waals surface area contributed by atoms with Crippen LogP contribution in [-0.4, -0.2) is 58.4 Å². The number of amides is 2. The summed E-state index contributed by atoms with van der Waals surface area (Å²) in [4.78, 5) is 26.2. The fourth-order valence-corrected chi connectivity index (χ4v) is 2.59. The second-order valence-electron chi connectivity index (χ2n) is 4.95. The second-order valence-corrected chi connectivity index (χ2v) is 4.95. The molecule has 0 bridgehead atoms. The van der Waals surface area contributed by atoms with Crippen LogP contribution in [0.25, 0.3) is 0 Å². The lowest BCUT2D eigenvalue weighted by Crippen LogP contribution is -2.52. The van der Waals surface area contributed by atoms with Gasteiger partial charge in [0.2, 0.25) is 5.82 Å². The van der Waals surface area contributed by atoms with E-state index in [1.807, 2.05) is 11.8 Å². The average Bonchev–Trinajstić information content (AvgIpc) is 2.74. The van der Waals surface area contributed by atoms with Crippen LogP contribution in [0.1, 0.15) is 12.6 Å². The monoisotopic (exact) mass is 296 g/mol. The zero-order valence-electron chi connectivity index (χ0n) is 12.5. The van der Waals surface area contributed by atoms with Crippen LogP contribution < -0.4 is 10.2 Å². The molecule has 0 radical (unpaired) electrons. The molecule has 0 atom stereocenters. The minimum absolute atomic E-state index is 0.0453. The van der Waals surface area contributed by atoms with E-state index in [2.05, 4.69) is 10.4 Å². The predicted molar refractivity (Wildman–Crippen MR) is 77.5 cm³/mol. The fraction of sp³-hybridized carbons (Fsp3) is 0.667. The van der Waals surface area contributed by atoms with Crippen molar-refractivity contribution in [2.24, 2.45) is 7.05 Å². The molecule has 1 aliphatic rings. The van der Waals surface area contributed by atoms with E-state index in [0.29, 0.717) is 44.2 Å². The highest BCUT2D eigenvalue weighted by Crippen LogP contribution is 2.31. The van der Waals surface area contributed by atoms with Crippen molar-refractivity contribution in [2.75, 3.05) is 37.6 Å². The maximum absolute atomic E-state index is 11.8. The summed E-state index contributed by atoms with van der Waals surface area (Å²) in [7, 11) is 1.70. The van der Waals surface area contributed by atoms with E-state index >= 15 is 0 Å². The Morgan fingerprint density at radius 3 is 2.52 bits per heavy atom. The van der Waals surface area contributed by atoms with Crippen molar-refractivity contribution in [3.8, 4) is 0 Å². The number of carbonyl (C=O) groups excluding carboxylic acids is 1. The first-order valence-corrected chi connectivity index (χ1v) is 6.91. The van der Waals surface area contributed by atoms with E-state index in [0.717, 1.165) is 0 Å². The number of nitrogens with zero attached hydrogens (tertiary/aromatic N) is 5. The number of anilines is 1. The molecular weight excluding hydrogens is 276 g/mol. The molecule has 21 heavy (non-hydrogen) atoms. The Kier molecular flexibility index (Phi) is 4.29. The van der Waals surface area contributed by atoms with Gasteiger partial charge in [0.05, 0.1) is 4.92 Å². The molecule has 2 heterocycles. The third-order valence-electron chi connectivity index (χ3n) is 3.54. The van der Waals surface area contributed by atoms with Gasteiger partial charge in [0.15, 0.2) is 0 Å². The Bertz CT molecular complexity index is 547. The molecule has 9 heteroatoms. The van der Waals surface area contributed by atoms with Gasteiger partial charge in [0, 0.05) is 39.8 Å². The number of carbonyl (C=O) groups is 1. The highest BCUT2D eigenvalue weighted by atomic mass is 16.6. The maximum Gasteiger partial charge on any atom is 0.333 e. The van der Waals surface area contributed by atoms with Gasteiger partial charge in [-0.3, -0.25) is 10.1 Å². The number of rotatable bonds is 3. The first kappa shape index (κ1) is 15.1. The number of nitro groups is 1. The molecule has 0 saturated carbocycles. The molecule has 1 aromatic heterocycles. The largest absolute Gasteiger partial charge is 0.348 e. The third-order valence-corrected chi connectivity index (χ3v) is 3.54. The summed E-state index contributed by atoms with van der Waals surface area (Å²) in [5, 5.41) is 18.1. The van der Waals surface area contributed by atoms with Crippen LogP contribution in [0.5, 0.6) is 0 Å². The van der Waals surface area contributed by atoms with E-state index in [4.69, 9.17) is 0 Å². The average molecular weight is 296 g/mol. The first-order valence-electron chi connectivity index (χ1n) is 6.91. The van der Waals surface area contributed by atoms with Gasteiger partial charge in [0.25, 0.3) is 0 Å². The van der Waals surface area contributed by atoms with Gasteiger partial charge < -0.3 is 15.1 Å². The molecule has 0 aromatic carbocycles. The van der Waals surface area contributed by atoms with Gasteiger partial charge in [-0.15, -0.1) is 0 Å². The van der Waals surface area contributed by atoms with Crippen molar-refractivity contribution in [2.45, 2.75) is 13.8 Å². The van der Waals surface area contributed by atoms with Crippen molar-refractivity contribution in [3.05, 3.63) is 15.8 Å². The Morgan fingerprint density at radius 2 is 2.00 bits per heavy atom. The number of aromatic nitrogens is 2. The zero-order valence-corrected chi connectivity index (χ0v) is 12.5. The third kappa shape index (κ3) is 2.91. The topological polar surface area (TPSA) is 96.5 Å². The standard InChI is InChI=1S/C12H20N6O3/c1-4-13-12(19)17-7-5-16(6-8-17)11-10(18(20)21)9(2)14-15(11)3/h4-8H2,1-3H3,(H,13,19). The van der Waals surface area contributed by atoms with Crippen molar-refractivity contribution >= 4 is 17.5 Å². The smallest absolute Gasteiger partial charge is 0.333 e. The van der Waals surface area contributed by atoms with Crippen molar-refractivity contribution in [1.82, 2.24) is 20.0 Å². The second kappa shape index (κ2) is 5.98. The molecule has 1 saturated heterocycles. The molecule has 2 amide bonds. The molecule has 2 rings (SSSR count). The SMILES string of the molecule is CCNC(=O)N1CCN(c2c([N+](=O)[O-])c(C)nn2C)CC1. The van der Waals surface area contributed by atoms with Gasteiger partial charge >= 0.3 is 11.7 Å². The van der Waals surface area contributed by atoms with E-state index in [1.54, 1.807) is 18.9 Å². The molecule has 1 fully saturated rings. The van der Waals surface area contributed by atoms with E-state index in [1.165, 1.54) is 4.68 Å². The van der Waals surface area contributed by atoms with Gasteiger partial charge in [0.1, 0.15) is 5.69 Å². The number of hydrogen-bond acceptors (Lipinski definition) is 5. The quantitative estimate of drug-likeness (QED) is 0.646. The Morgan fingerprint density at radius 1 is 1.38 bits per heavy atom. The summed E-state index contributed by atoms with van der Waals surface area (Å²) in [5.74, 6) is 0.507. The molecule has 116 valence electrons. The molecule has 1 aliphatic heterocycles. The Labute approximate surface area is 122 Å². The number of hydrogen-bond donors (Lipinski definition) is 1. The van der Waals surface area contributed by atoms with E-state index in [9.17, 15) is 14.9 Å². The molecular formula is C12H20N6O3. The molecule has 9 nitrogen and oxygen atoms in total. The van der Waals surface area contributed by atoms with Crippen LogP contribution in [0.2, 0.25) is 0 Å². The summed E-state index contributed by atoms with van der Waals surface area (Å²) in [6.45, 7) is 6.27. The van der Waals surface area contributed by atoms with Crippen molar-refractivity contribution in [1.29, 1.82) is 0 Å². The first-order chi connectivity index (χ1) is 9.95. The van der Waals surface area contributed by atoms with Gasteiger partial charge in [-0.25, -0.2) is 9.48 Å². The minimum atomic E-state index is -0.395. The number of urea groups is 1. The molecule has 1 aromatic rings. The molecule has 0 unspecified atom stereocenters. The van der Waals surface area contributed by atoms with Crippen LogP contribution in [0, 0.1) is 17.0 Å². The van der Waals surface area contributed by atoms with E-state index in [-0.39, 0.29) is 11.7 Å². The van der Waals surface area contributed by atoms with Gasteiger partial charge in [-0.05, 0) is 13.8 Å². The molecule has 0 spiro atoms. The summed E-state index contributed by atoms with van der Waals surface area (Å²) < 4.78 is 1.54. The Hall–Kier alpha value is -2.32. The Balaban J connectivity index is 2.13. The predicted octanol–water partition coefficient (Wildman–Crippen LogP) is 0.488. The lowest BCUT2D eigenvalue weighted by atomic mass is 10.3. The van der Waals surface area contributed by atoms with Crippen LogP contribution >= 0.6 is 0 Å². The summed E-state index contributed by atoms with van der Waals surface area (Å²) in [6, 6.07) is -0.0900. The van der Waals surface area contributed by atoms with Crippen LogP contribution in [-0.2, 0) is 7.05 Å². The highest BCUT2D eigenvalue weighted by molar-refractivity contribution is 5.74. The highest BCUT2D eigenvalue weighted by Gasteiger charge is 2.31. The number of aryl methyl sites for hydroxylation is 2. The maximum atomic E-state index is 11.8. The normalized spacial score (nSPS) is 15.2. The fourth-order valence-electron chi connectivity index (χ4n) is 2.59. The molecule has 1 N–H and O–H groups in total. The molecule has 0 aliphatic carbocycles. The van der Waals surface area contributed by atoms with Gasteiger partial charge in [-0.2, -0.15) is 5.10 Å². The summed E-state index contributed by atoms with van der Waals surface area (Å²) in [6.07, 6.45) is 0. The summed E-state index contributed by atoms with van der Waals surface area (Å²) >= 11 is 0. The lowest BCUT2D eigenvalue weighted by Gasteiger charge is -2.35. The zero-order chi connectivity index (χ0) is 15.6. The number of piperazine rings is 1. The minimum Gasteiger partial charge on any atom is -0.348 e. The number of nitrogens with one attached hydrogen (secondary N) is 1. The summed E-state index contributed by atoms with van der Waals surface area (Å²) in [5.41, 5.74) is 0.451.